The van der Waals surface area contributed by atoms with Crippen molar-refractivity contribution in [3.63, 3.8) is 0 Å². The van der Waals surface area contributed by atoms with Crippen LogP contribution in [0.15, 0.2) is 12.2 Å². The number of ether oxygens (including phenoxy) is 8. The first-order chi connectivity index (χ1) is 19.7. The predicted molar refractivity (Wildman–Crippen MR) is 143 cm³/mol. The predicted octanol–water partition coefficient (Wildman–Crippen LogP) is -0.346. The van der Waals surface area contributed by atoms with Gasteiger partial charge in [0.1, 0.15) is 31.7 Å². The van der Waals surface area contributed by atoms with Crippen molar-refractivity contribution in [1.82, 2.24) is 0 Å². The fourth-order valence-electron chi connectivity index (χ4n) is 2.70. The van der Waals surface area contributed by atoms with Crippen LogP contribution in [0.1, 0.15) is 12.8 Å². The molecule has 0 amide bonds. The van der Waals surface area contributed by atoms with Gasteiger partial charge >= 0.3 is 23.9 Å². The molecule has 0 fully saturated rings. The fourth-order valence-corrected chi connectivity index (χ4v) is 4.15. The third kappa shape index (κ3) is 23.0. The molecular weight excluding hydrogens is 592 g/mol. The molecule has 0 spiro atoms. The molecule has 0 saturated carbocycles. The van der Waals surface area contributed by atoms with Crippen molar-refractivity contribution in [1.29, 1.82) is 0 Å². The Morgan fingerprint density at radius 3 is 1.63 bits per heavy atom. The lowest BCUT2D eigenvalue weighted by Crippen LogP contribution is -2.27. The van der Waals surface area contributed by atoms with Gasteiger partial charge in [0, 0.05) is 12.2 Å². The van der Waals surface area contributed by atoms with Crippen LogP contribution < -0.4 is 0 Å². The smallest absolute Gasteiger partial charge is 0.331 e. The summed E-state index contributed by atoms with van der Waals surface area (Å²) in [6.07, 6.45) is 2.90. The van der Waals surface area contributed by atoms with Crippen molar-refractivity contribution < 1.29 is 69.7 Å². The summed E-state index contributed by atoms with van der Waals surface area (Å²) in [4.78, 5) is 48.0. The molecule has 15 nitrogen and oxygen atoms in total. The monoisotopic (exact) mass is 630 g/mol. The largest absolute Gasteiger partial charge is 0.463 e. The third-order valence-corrected chi connectivity index (χ3v) is 6.41. The van der Waals surface area contributed by atoms with Gasteiger partial charge < -0.3 is 37.9 Å². The molecule has 1 heterocycles. The topological polar surface area (TPSA) is 185 Å². The average molecular weight is 631 g/mol. The van der Waals surface area contributed by atoms with E-state index in [0.29, 0.717) is 12.2 Å². The normalized spacial score (nSPS) is 22.2. The number of thioether (sulfide) groups is 1. The van der Waals surface area contributed by atoms with Crippen LogP contribution in [-0.2, 0) is 71.4 Å². The molecule has 17 heteroatoms. The maximum Gasteiger partial charge on any atom is 0.331 e. The van der Waals surface area contributed by atoms with Crippen molar-refractivity contribution in [3.8, 4) is 0 Å². The first-order valence-electron chi connectivity index (χ1n) is 12.8. The lowest BCUT2D eigenvalue weighted by Gasteiger charge is -2.15. The fraction of sp³-hybridized carbons (Fsp3) is 0.750. The minimum absolute atomic E-state index is 0.0297. The van der Waals surface area contributed by atoms with E-state index >= 15 is 0 Å². The van der Waals surface area contributed by atoms with Crippen LogP contribution in [0, 0.1) is 0 Å². The summed E-state index contributed by atoms with van der Waals surface area (Å²) in [5, 5.41) is -0.878. The number of carbonyl (C=O) groups excluding carboxylic acids is 4. The Morgan fingerprint density at radius 1 is 0.707 bits per heavy atom. The molecule has 1 atom stereocenters. The van der Waals surface area contributed by atoms with Crippen LogP contribution in [0.5, 0.6) is 0 Å². The van der Waals surface area contributed by atoms with Crippen LogP contribution in [0.4, 0.5) is 0 Å². The highest BCUT2D eigenvalue weighted by atomic mass is 32.2. The van der Waals surface area contributed by atoms with Crippen molar-refractivity contribution in [2.45, 2.75) is 18.1 Å². The number of hydrogen-bond donors (Lipinski definition) is 0. The van der Waals surface area contributed by atoms with Gasteiger partial charge in [-0.3, -0.25) is 13.8 Å². The van der Waals surface area contributed by atoms with E-state index in [9.17, 15) is 27.6 Å². The van der Waals surface area contributed by atoms with Gasteiger partial charge in [0.25, 0.3) is 10.1 Å². The summed E-state index contributed by atoms with van der Waals surface area (Å²) < 4.78 is 68.1. The SMILES string of the molecule is CS(=O)(=O)OCCCSC1CC(=O)OCCOCCOCCOC(=O)/C=C/C(=O)OCCOCCOCCOC1=O. The molecule has 0 radical (unpaired) electrons. The molecule has 236 valence electrons. The van der Waals surface area contributed by atoms with Gasteiger partial charge in [0.15, 0.2) is 0 Å². The van der Waals surface area contributed by atoms with Crippen molar-refractivity contribution in [2.75, 3.05) is 97.9 Å². The van der Waals surface area contributed by atoms with Crippen LogP contribution >= 0.6 is 11.8 Å². The van der Waals surface area contributed by atoms with Crippen LogP contribution in [0.25, 0.3) is 0 Å². The lowest BCUT2D eigenvalue weighted by molar-refractivity contribution is -0.151. The van der Waals surface area contributed by atoms with Crippen molar-refractivity contribution in [3.05, 3.63) is 12.2 Å². The molecule has 0 N–H and O–H groups in total. The van der Waals surface area contributed by atoms with E-state index in [1.807, 2.05) is 0 Å². The molecule has 1 unspecified atom stereocenters. The molecular formula is C24H38O15S2. The Morgan fingerprint density at radius 2 is 1.15 bits per heavy atom. The number of hydrogen-bond acceptors (Lipinski definition) is 16. The first kappa shape index (κ1) is 36.7. The second-order valence-electron chi connectivity index (χ2n) is 7.95. The number of esters is 4. The molecule has 1 aliphatic heterocycles. The highest BCUT2D eigenvalue weighted by Crippen LogP contribution is 2.19. The Labute approximate surface area is 243 Å². The number of rotatable bonds is 6. The summed E-state index contributed by atoms with van der Waals surface area (Å²) in [6, 6.07) is 0. The second-order valence-corrected chi connectivity index (χ2v) is 10.9. The Hall–Kier alpha value is -2.28. The van der Waals surface area contributed by atoms with Gasteiger partial charge in [-0.2, -0.15) is 8.42 Å². The molecule has 0 bridgehead atoms. The minimum atomic E-state index is -3.57. The zero-order chi connectivity index (χ0) is 30.2. The summed E-state index contributed by atoms with van der Waals surface area (Å²) in [6.45, 7) is 0.939. The van der Waals surface area contributed by atoms with Gasteiger partial charge in [0.05, 0.1) is 72.1 Å². The Kier molecular flexibility index (Phi) is 20.9. The maximum atomic E-state index is 12.6. The Balaban J connectivity index is 2.53. The van der Waals surface area contributed by atoms with Gasteiger partial charge in [-0.15, -0.1) is 11.8 Å². The van der Waals surface area contributed by atoms with Crippen LogP contribution in [-0.4, -0.2) is 135 Å². The summed E-state index contributed by atoms with van der Waals surface area (Å²) >= 11 is 1.12. The lowest BCUT2D eigenvalue weighted by atomic mass is 10.3. The molecule has 0 aromatic carbocycles. The van der Waals surface area contributed by atoms with E-state index in [4.69, 9.17) is 37.9 Å². The molecule has 0 aliphatic carbocycles. The van der Waals surface area contributed by atoms with E-state index in [1.165, 1.54) is 0 Å². The number of carbonyl (C=O) groups is 4. The van der Waals surface area contributed by atoms with E-state index in [-0.39, 0.29) is 92.3 Å². The molecule has 0 saturated heterocycles. The van der Waals surface area contributed by atoms with Gasteiger partial charge in [-0.1, -0.05) is 0 Å². The van der Waals surface area contributed by atoms with E-state index in [2.05, 4.69) is 4.18 Å². The highest BCUT2D eigenvalue weighted by Gasteiger charge is 2.25. The summed E-state index contributed by atoms with van der Waals surface area (Å²) in [5.41, 5.74) is 0. The standard InChI is InChI=1S/C24H38O15S2/c1-41(29,30)39-5-2-18-40-20-19-23(27)37-16-12-33-7-6-31-10-14-35-21(25)3-4-22(26)36-15-11-32-8-9-34-13-17-38-24(20)28/h3-4,20H,2,5-19H2,1H3/b4-3+. The third-order valence-electron chi connectivity index (χ3n) is 4.53. The van der Waals surface area contributed by atoms with Gasteiger partial charge in [-0.05, 0) is 12.2 Å². The molecule has 1 rings (SSSR count). The summed E-state index contributed by atoms with van der Waals surface area (Å²) in [7, 11) is -3.57. The zero-order valence-corrected chi connectivity index (χ0v) is 24.6. The van der Waals surface area contributed by atoms with E-state index in [0.717, 1.165) is 30.2 Å². The quantitative estimate of drug-likeness (QED) is 0.160. The van der Waals surface area contributed by atoms with Gasteiger partial charge in [0.2, 0.25) is 0 Å². The maximum absolute atomic E-state index is 12.6. The first-order valence-corrected chi connectivity index (χ1v) is 15.6. The average Bonchev–Trinajstić information content (AvgIpc) is 2.91. The molecule has 0 aromatic heterocycles. The Bertz CT molecular complexity index is 907. The van der Waals surface area contributed by atoms with Crippen molar-refractivity contribution in [2.24, 2.45) is 0 Å². The van der Waals surface area contributed by atoms with Crippen molar-refractivity contribution >= 4 is 45.8 Å². The second kappa shape index (κ2) is 23.3. The van der Waals surface area contributed by atoms with Gasteiger partial charge in [-0.25, -0.2) is 9.59 Å². The van der Waals surface area contributed by atoms with Crippen LogP contribution in [0.2, 0.25) is 0 Å². The van der Waals surface area contributed by atoms with E-state index < -0.39 is 39.2 Å². The number of cyclic esters (lactones) is 4. The highest BCUT2D eigenvalue weighted by molar-refractivity contribution is 8.00. The van der Waals surface area contributed by atoms with E-state index in [1.54, 1.807) is 0 Å². The molecule has 41 heavy (non-hydrogen) atoms. The molecule has 1 aliphatic rings. The summed E-state index contributed by atoms with van der Waals surface area (Å²) in [5.74, 6) is -2.38. The van der Waals surface area contributed by atoms with Crippen LogP contribution in [0.3, 0.4) is 0 Å². The molecule has 0 aromatic rings. The zero-order valence-electron chi connectivity index (χ0n) is 23.0. The minimum Gasteiger partial charge on any atom is -0.463 e.